The largest absolute Gasteiger partial charge is 0.331 e. The Hall–Kier alpha value is -0.0600. The van der Waals surface area contributed by atoms with Gasteiger partial charge in [0, 0.05) is 18.4 Å². The van der Waals surface area contributed by atoms with Crippen LogP contribution in [0.5, 0.6) is 0 Å². The fourth-order valence-electron chi connectivity index (χ4n) is 1.13. The second-order valence-electron chi connectivity index (χ2n) is 2.62. The fraction of sp³-hybridized carbons (Fsp3) is 0.571. The summed E-state index contributed by atoms with van der Waals surface area (Å²) in [6.07, 6.45) is 6.68. The molecule has 1 heterocycles. The highest BCUT2D eigenvalue weighted by Gasteiger charge is 2.24. The van der Waals surface area contributed by atoms with Crippen LogP contribution in [0.4, 0.5) is 0 Å². The first-order valence-electron chi connectivity index (χ1n) is 3.49. The maximum atomic E-state index is 4.25. The van der Waals surface area contributed by atoms with Gasteiger partial charge in [0.05, 0.1) is 4.43 Å². The van der Waals surface area contributed by atoms with Crippen molar-refractivity contribution in [3.05, 3.63) is 18.2 Å². The Morgan fingerprint density at radius 2 is 2.50 bits per heavy atom. The molecule has 1 aromatic rings. The molecule has 2 nitrogen and oxygen atoms in total. The van der Waals surface area contributed by atoms with E-state index in [1.165, 1.54) is 18.7 Å². The van der Waals surface area contributed by atoms with Gasteiger partial charge in [-0.2, -0.15) is 0 Å². The summed E-state index contributed by atoms with van der Waals surface area (Å²) in [4.78, 5) is 4.25. The van der Waals surface area contributed by atoms with Crippen molar-refractivity contribution in [3.63, 3.8) is 0 Å². The molecule has 0 N–H and O–H groups in total. The highest BCUT2D eigenvalue weighted by atomic mass is 127. The molecule has 54 valence electrons. The van der Waals surface area contributed by atoms with Gasteiger partial charge in [-0.25, -0.2) is 4.98 Å². The van der Waals surface area contributed by atoms with E-state index in [1.807, 2.05) is 6.20 Å². The number of aromatic nitrogens is 2. The number of hydrogen-bond donors (Lipinski definition) is 0. The number of hydrogen-bond acceptors (Lipinski definition) is 1. The predicted molar refractivity (Wildman–Crippen MR) is 48.2 cm³/mol. The summed E-state index contributed by atoms with van der Waals surface area (Å²) in [6.45, 7) is 0. The standard InChI is InChI=1S/C7H9IN2/c8-5-7-9-3-4-10(7)6-1-2-6/h3-4,6H,1-2,5H2. The SMILES string of the molecule is ICc1nccn1C1CC1. The maximum absolute atomic E-state index is 4.25. The topological polar surface area (TPSA) is 17.8 Å². The lowest BCUT2D eigenvalue weighted by Gasteiger charge is -2.00. The van der Waals surface area contributed by atoms with Crippen LogP contribution in [0.3, 0.4) is 0 Å². The monoisotopic (exact) mass is 248 g/mol. The molecule has 0 aliphatic heterocycles. The third kappa shape index (κ3) is 1.07. The Labute approximate surface area is 73.8 Å². The molecule has 0 amide bonds. The molecule has 0 bridgehead atoms. The van der Waals surface area contributed by atoms with Crippen LogP contribution < -0.4 is 0 Å². The van der Waals surface area contributed by atoms with Crippen LogP contribution in [0.15, 0.2) is 12.4 Å². The lowest BCUT2D eigenvalue weighted by atomic mass is 10.6. The number of nitrogens with zero attached hydrogens (tertiary/aromatic N) is 2. The minimum atomic E-state index is 0.785. The fourth-order valence-corrected chi connectivity index (χ4v) is 1.72. The molecule has 0 radical (unpaired) electrons. The summed E-state index contributed by atoms with van der Waals surface area (Å²) >= 11 is 2.35. The van der Waals surface area contributed by atoms with Crippen molar-refractivity contribution in [1.82, 2.24) is 9.55 Å². The first-order valence-corrected chi connectivity index (χ1v) is 5.02. The molecule has 2 rings (SSSR count). The molecule has 1 aromatic heterocycles. The van der Waals surface area contributed by atoms with Gasteiger partial charge in [0.1, 0.15) is 5.82 Å². The van der Waals surface area contributed by atoms with Gasteiger partial charge >= 0.3 is 0 Å². The van der Waals surface area contributed by atoms with Crippen molar-refractivity contribution in [2.24, 2.45) is 0 Å². The average molecular weight is 248 g/mol. The van der Waals surface area contributed by atoms with Crippen LogP contribution >= 0.6 is 22.6 Å². The van der Waals surface area contributed by atoms with Gasteiger partial charge in [0.15, 0.2) is 0 Å². The second kappa shape index (κ2) is 2.53. The summed E-state index contributed by atoms with van der Waals surface area (Å²) in [5.41, 5.74) is 0. The summed E-state index contributed by atoms with van der Waals surface area (Å²) in [5.74, 6) is 1.23. The van der Waals surface area contributed by atoms with E-state index in [2.05, 4.69) is 38.3 Å². The van der Waals surface area contributed by atoms with Crippen LogP contribution in [0.1, 0.15) is 24.7 Å². The third-order valence-corrected chi connectivity index (χ3v) is 2.49. The zero-order valence-electron chi connectivity index (χ0n) is 5.63. The minimum absolute atomic E-state index is 0.785. The summed E-state index contributed by atoms with van der Waals surface area (Å²) < 4.78 is 3.33. The lowest BCUT2D eigenvalue weighted by Crippen LogP contribution is -1.96. The van der Waals surface area contributed by atoms with E-state index < -0.39 is 0 Å². The molecule has 1 aliphatic carbocycles. The molecule has 3 heteroatoms. The van der Waals surface area contributed by atoms with E-state index in [-0.39, 0.29) is 0 Å². The molecule has 0 unspecified atom stereocenters. The number of halogens is 1. The van der Waals surface area contributed by atoms with Crippen LogP contribution in [0.2, 0.25) is 0 Å². The molecule has 0 spiro atoms. The van der Waals surface area contributed by atoms with Gasteiger partial charge in [-0.15, -0.1) is 0 Å². The molecule has 1 aliphatic rings. The van der Waals surface area contributed by atoms with E-state index in [9.17, 15) is 0 Å². The van der Waals surface area contributed by atoms with Crippen molar-refractivity contribution in [2.45, 2.75) is 23.3 Å². The highest BCUT2D eigenvalue weighted by Crippen LogP contribution is 2.35. The Kier molecular flexibility index (Phi) is 1.68. The first-order chi connectivity index (χ1) is 4.92. The van der Waals surface area contributed by atoms with E-state index in [1.54, 1.807) is 0 Å². The van der Waals surface area contributed by atoms with Gasteiger partial charge in [-0.1, -0.05) is 22.6 Å². The van der Waals surface area contributed by atoms with Gasteiger partial charge in [0.2, 0.25) is 0 Å². The van der Waals surface area contributed by atoms with E-state index in [4.69, 9.17) is 0 Å². The van der Waals surface area contributed by atoms with Gasteiger partial charge < -0.3 is 4.57 Å². The smallest absolute Gasteiger partial charge is 0.118 e. The Morgan fingerprint density at radius 1 is 1.70 bits per heavy atom. The lowest BCUT2D eigenvalue weighted by molar-refractivity contribution is 0.709. The summed E-state index contributed by atoms with van der Waals surface area (Å²) in [7, 11) is 0. The Bertz CT molecular complexity index is 227. The third-order valence-electron chi connectivity index (χ3n) is 1.81. The normalized spacial score (nSPS) is 17.7. The van der Waals surface area contributed by atoms with Crippen molar-refractivity contribution < 1.29 is 0 Å². The number of alkyl halides is 1. The zero-order valence-corrected chi connectivity index (χ0v) is 7.78. The zero-order chi connectivity index (χ0) is 6.97. The molecule has 1 fully saturated rings. The quantitative estimate of drug-likeness (QED) is 0.579. The Morgan fingerprint density at radius 3 is 3.10 bits per heavy atom. The summed E-state index contributed by atoms with van der Waals surface area (Å²) in [5, 5.41) is 0. The molecule has 1 saturated carbocycles. The molecule has 0 aromatic carbocycles. The van der Waals surface area contributed by atoms with Gasteiger partial charge in [-0.3, -0.25) is 0 Å². The van der Waals surface area contributed by atoms with E-state index in [0.717, 1.165) is 10.5 Å². The Balaban J connectivity index is 2.28. The van der Waals surface area contributed by atoms with Gasteiger partial charge in [-0.05, 0) is 12.8 Å². The van der Waals surface area contributed by atoms with Crippen LogP contribution in [-0.2, 0) is 4.43 Å². The van der Waals surface area contributed by atoms with Crippen molar-refractivity contribution in [2.75, 3.05) is 0 Å². The predicted octanol–water partition coefficient (Wildman–Crippen LogP) is 2.15. The molecule has 0 atom stereocenters. The molecular formula is C7H9IN2. The van der Waals surface area contributed by atoms with Crippen molar-refractivity contribution >= 4 is 22.6 Å². The number of imidazole rings is 1. The van der Waals surface area contributed by atoms with Crippen molar-refractivity contribution in [3.8, 4) is 0 Å². The van der Waals surface area contributed by atoms with Crippen LogP contribution in [0, 0.1) is 0 Å². The second-order valence-corrected chi connectivity index (χ2v) is 3.38. The first kappa shape index (κ1) is 6.64. The van der Waals surface area contributed by atoms with Crippen molar-refractivity contribution in [1.29, 1.82) is 0 Å². The maximum Gasteiger partial charge on any atom is 0.118 e. The van der Waals surface area contributed by atoms with E-state index in [0.29, 0.717) is 0 Å². The van der Waals surface area contributed by atoms with E-state index >= 15 is 0 Å². The highest BCUT2D eigenvalue weighted by molar-refractivity contribution is 14.1. The van der Waals surface area contributed by atoms with Gasteiger partial charge in [0.25, 0.3) is 0 Å². The average Bonchev–Trinajstić information content (AvgIpc) is 2.69. The minimum Gasteiger partial charge on any atom is -0.331 e. The molecular weight excluding hydrogens is 239 g/mol. The van der Waals surface area contributed by atoms with Crippen LogP contribution in [-0.4, -0.2) is 9.55 Å². The molecule has 10 heavy (non-hydrogen) atoms. The number of rotatable bonds is 2. The molecule has 0 saturated heterocycles. The van der Waals surface area contributed by atoms with Crippen LogP contribution in [0.25, 0.3) is 0 Å². The summed E-state index contributed by atoms with van der Waals surface area (Å²) in [6, 6.07) is 0.785.